The van der Waals surface area contributed by atoms with Gasteiger partial charge in [-0.05, 0) is 0 Å². The Bertz CT molecular complexity index is 440. The van der Waals surface area contributed by atoms with E-state index in [0.29, 0.717) is 24.3 Å². The Hall–Kier alpha value is -2.05. The molecule has 1 aromatic heterocycles. The molecule has 1 aromatic rings. The van der Waals surface area contributed by atoms with Gasteiger partial charge < -0.3 is 19.8 Å². The number of rotatable bonds is 1. The number of nitrogens with one attached hydrogen (secondary N) is 1. The number of carboxylic acids is 1. The summed E-state index contributed by atoms with van der Waals surface area (Å²) < 4.78 is 4.92. The summed E-state index contributed by atoms with van der Waals surface area (Å²) in [4.78, 5) is 23.8. The van der Waals surface area contributed by atoms with E-state index in [1.807, 2.05) is 0 Å². The summed E-state index contributed by atoms with van der Waals surface area (Å²) in [7, 11) is 1.53. The molecule has 7 heteroatoms. The number of aromatic nitrogens is 1. The van der Waals surface area contributed by atoms with Gasteiger partial charge in [0.1, 0.15) is 5.76 Å². The average molecular weight is 225 g/mol. The lowest BCUT2D eigenvalue weighted by Gasteiger charge is -2.25. The molecule has 0 spiro atoms. The molecule has 1 aliphatic heterocycles. The minimum absolute atomic E-state index is 0.108. The fraction of sp³-hybridized carbons (Fsp3) is 0.444. The lowest BCUT2D eigenvalue weighted by atomic mass is 10.1. The normalized spacial score (nSPS) is 14.4. The molecule has 86 valence electrons. The summed E-state index contributed by atoms with van der Waals surface area (Å²) in [5.74, 6) is -0.582. The molecule has 0 atom stereocenters. The number of hydrogen-bond acceptors (Lipinski definition) is 4. The highest BCUT2D eigenvalue weighted by Crippen LogP contribution is 2.22. The molecule has 1 aliphatic rings. The average Bonchev–Trinajstić information content (AvgIpc) is 2.70. The zero-order chi connectivity index (χ0) is 11.7. The van der Waals surface area contributed by atoms with Crippen LogP contribution in [0.3, 0.4) is 0 Å². The number of hydrogen-bond donors (Lipinski definition) is 2. The van der Waals surface area contributed by atoms with Gasteiger partial charge in [-0.1, -0.05) is 5.16 Å². The summed E-state index contributed by atoms with van der Waals surface area (Å²) in [6.45, 7) is 0.723. The molecule has 0 fully saturated rings. The topological polar surface area (TPSA) is 95.7 Å². The number of amides is 2. The molecule has 0 bridgehead atoms. The van der Waals surface area contributed by atoms with Crippen molar-refractivity contribution in [3.63, 3.8) is 0 Å². The smallest absolute Gasteiger partial charge is 0.358 e. The van der Waals surface area contributed by atoms with Crippen molar-refractivity contribution in [2.75, 3.05) is 13.6 Å². The largest absolute Gasteiger partial charge is 0.476 e. The SMILES string of the molecule is CNC(=O)N1CCc2onc(C(=O)O)c2C1. The van der Waals surface area contributed by atoms with Crippen molar-refractivity contribution in [2.45, 2.75) is 13.0 Å². The fourth-order valence-electron chi connectivity index (χ4n) is 1.71. The van der Waals surface area contributed by atoms with Crippen molar-refractivity contribution in [1.82, 2.24) is 15.4 Å². The van der Waals surface area contributed by atoms with Crippen LogP contribution in [0.5, 0.6) is 0 Å². The second-order valence-electron chi connectivity index (χ2n) is 3.46. The summed E-state index contributed by atoms with van der Waals surface area (Å²) in [6.07, 6.45) is 0.489. The number of nitrogens with zero attached hydrogens (tertiary/aromatic N) is 2. The first-order valence-electron chi connectivity index (χ1n) is 4.81. The van der Waals surface area contributed by atoms with Gasteiger partial charge in [0.25, 0.3) is 0 Å². The van der Waals surface area contributed by atoms with Gasteiger partial charge in [0, 0.05) is 25.6 Å². The lowest BCUT2D eigenvalue weighted by molar-refractivity contribution is 0.0683. The van der Waals surface area contributed by atoms with Gasteiger partial charge in [-0.3, -0.25) is 0 Å². The Kier molecular flexibility index (Phi) is 2.51. The Balaban J connectivity index is 2.27. The van der Waals surface area contributed by atoms with E-state index in [4.69, 9.17) is 9.63 Å². The molecule has 0 aromatic carbocycles. The second-order valence-corrected chi connectivity index (χ2v) is 3.46. The predicted molar refractivity (Wildman–Crippen MR) is 52.0 cm³/mol. The maximum Gasteiger partial charge on any atom is 0.358 e. The second kappa shape index (κ2) is 3.84. The Labute approximate surface area is 91.0 Å². The highest BCUT2D eigenvalue weighted by Gasteiger charge is 2.28. The highest BCUT2D eigenvalue weighted by atomic mass is 16.5. The number of carbonyl (C=O) groups is 2. The van der Waals surface area contributed by atoms with Crippen LogP contribution in [0.1, 0.15) is 21.8 Å². The van der Waals surface area contributed by atoms with Gasteiger partial charge >= 0.3 is 12.0 Å². The molecule has 2 amide bonds. The van der Waals surface area contributed by atoms with Gasteiger partial charge in [-0.25, -0.2) is 9.59 Å². The maximum atomic E-state index is 11.4. The standard InChI is InChI=1S/C9H11N3O4/c1-10-9(15)12-3-2-6-5(4-12)7(8(13)14)11-16-6/h2-4H2,1H3,(H,10,15)(H,13,14). The first-order valence-corrected chi connectivity index (χ1v) is 4.81. The van der Waals surface area contributed by atoms with E-state index in [2.05, 4.69) is 10.5 Å². The van der Waals surface area contributed by atoms with Crippen molar-refractivity contribution in [1.29, 1.82) is 0 Å². The zero-order valence-electron chi connectivity index (χ0n) is 8.69. The van der Waals surface area contributed by atoms with Gasteiger partial charge in [0.15, 0.2) is 5.69 Å². The van der Waals surface area contributed by atoms with Crippen LogP contribution < -0.4 is 5.32 Å². The van der Waals surface area contributed by atoms with Crippen LogP contribution in [0.4, 0.5) is 4.79 Å². The molecule has 2 N–H and O–H groups in total. The Morgan fingerprint density at radius 2 is 2.31 bits per heavy atom. The van der Waals surface area contributed by atoms with E-state index in [-0.39, 0.29) is 18.3 Å². The van der Waals surface area contributed by atoms with E-state index in [1.54, 1.807) is 0 Å². The summed E-state index contributed by atoms with van der Waals surface area (Å²) >= 11 is 0. The van der Waals surface area contributed by atoms with Crippen LogP contribution in [0, 0.1) is 0 Å². The van der Waals surface area contributed by atoms with Crippen molar-refractivity contribution in [3.8, 4) is 0 Å². The van der Waals surface area contributed by atoms with Crippen molar-refractivity contribution < 1.29 is 19.2 Å². The maximum absolute atomic E-state index is 11.4. The third-order valence-corrected chi connectivity index (χ3v) is 2.53. The molecule has 2 heterocycles. The first kappa shape index (κ1) is 10.5. The first-order chi connectivity index (χ1) is 7.63. The molecule has 0 radical (unpaired) electrons. The number of fused-ring (bicyclic) bond motifs is 1. The third kappa shape index (κ3) is 1.60. The van der Waals surface area contributed by atoms with Crippen LogP contribution in [-0.4, -0.2) is 40.8 Å². The van der Waals surface area contributed by atoms with E-state index in [9.17, 15) is 9.59 Å². The van der Waals surface area contributed by atoms with E-state index >= 15 is 0 Å². The number of urea groups is 1. The van der Waals surface area contributed by atoms with Crippen molar-refractivity contribution >= 4 is 12.0 Å². The van der Waals surface area contributed by atoms with Crippen molar-refractivity contribution in [3.05, 3.63) is 17.0 Å². The van der Waals surface area contributed by atoms with Gasteiger partial charge in [-0.15, -0.1) is 0 Å². The summed E-state index contributed by atoms with van der Waals surface area (Å²) in [6, 6.07) is -0.233. The molecular weight excluding hydrogens is 214 g/mol. The Morgan fingerprint density at radius 3 is 2.94 bits per heavy atom. The van der Waals surface area contributed by atoms with E-state index < -0.39 is 5.97 Å². The van der Waals surface area contributed by atoms with Crippen LogP contribution in [0.2, 0.25) is 0 Å². The van der Waals surface area contributed by atoms with E-state index in [0.717, 1.165) is 0 Å². The molecule has 0 saturated heterocycles. The quantitative estimate of drug-likeness (QED) is 0.705. The monoisotopic (exact) mass is 225 g/mol. The molecule has 0 unspecified atom stereocenters. The minimum Gasteiger partial charge on any atom is -0.476 e. The molecule has 7 nitrogen and oxygen atoms in total. The molecule has 0 saturated carbocycles. The van der Waals surface area contributed by atoms with Gasteiger partial charge in [-0.2, -0.15) is 0 Å². The zero-order valence-corrected chi connectivity index (χ0v) is 8.69. The third-order valence-electron chi connectivity index (χ3n) is 2.53. The van der Waals surface area contributed by atoms with Crippen LogP contribution in [-0.2, 0) is 13.0 Å². The minimum atomic E-state index is -1.14. The number of carboxylic acid groups (broad SMARTS) is 1. The predicted octanol–water partition coefficient (Wildman–Crippen LogP) is 0.0703. The van der Waals surface area contributed by atoms with Crippen LogP contribution in [0.25, 0.3) is 0 Å². The van der Waals surface area contributed by atoms with Crippen LogP contribution >= 0.6 is 0 Å². The highest BCUT2D eigenvalue weighted by molar-refractivity contribution is 5.87. The molecule has 16 heavy (non-hydrogen) atoms. The molecular formula is C9H11N3O4. The molecule has 0 aliphatic carbocycles. The summed E-state index contributed by atoms with van der Waals surface area (Å²) in [5, 5.41) is 14.8. The number of aromatic carboxylic acids is 1. The lowest BCUT2D eigenvalue weighted by Crippen LogP contribution is -2.41. The Morgan fingerprint density at radius 1 is 1.56 bits per heavy atom. The summed E-state index contributed by atoms with van der Waals surface area (Å²) in [5.41, 5.74) is 0.381. The fourth-order valence-corrected chi connectivity index (χ4v) is 1.71. The van der Waals surface area contributed by atoms with Gasteiger partial charge in [0.2, 0.25) is 0 Å². The van der Waals surface area contributed by atoms with Crippen molar-refractivity contribution in [2.24, 2.45) is 0 Å². The molecule has 2 rings (SSSR count). The van der Waals surface area contributed by atoms with Gasteiger partial charge in [0.05, 0.1) is 6.54 Å². The van der Waals surface area contributed by atoms with Crippen LogP contribution in [0.15, 0.2) is 4.52 Å². The number of carbonyl (C=O) groups excluding carboxylic acids is 1. The van der Waals surface area contributed by atoms with E-state index in [1.165, 1.54) is 11.9 Å².